The number of rotatable bonds is 4. The van der Waals surface area contributed by atoms with E-state index < -0.39 is 17.8 Å². The monoisotopic (exact) mass is 328 g/mol. The second-order valence-corrected chi connectivity index (χ2v) is 5.39. The molecule has 0 spiro atoms. The molecule has 1 aromatic carbocycles. The van der Waals surface area contributed by atoms with E-state index in [4.69, 9.17) is 5.73 Å². The van der Waals surface area contributed by atoms with Gasteiger partial charge in [0.15, 0.2) is 0 Å². The molecular formula is C12H10BrFN2OS. The lowest BCUT2D eigenvalue weighted by Gasteiger charge is -2.16. The van der Waals surface area contributed by atoms with Gasteiger partial charge in [0.25, 0.3) is 0 Å². The molecule has 0 bridgehead atoms. The van der Waals surface area contributed by atoms with Crippen molar-refractivity contribution in [3.05, 3.63) is 50.9 Å². The third-order valence-electron chi connectivity index (χ3n) is 2.37. The zero-order valence-corrected chi connectivity index (χ0v) is 11.6. The third-order valence-corrected chi connectivity index (χ3v) is 4.30. The van der Waals surface area contributed by atoms with Crippen molar-refractivity contribution in [2.24, 2.45) is 5.73 Å². The van der Waals surface area contributed by atoms with E-state index >= 15 is 0 Å². The number of carbonyl (C=O) groups is 1. The first-order valence-electron chi connectivity index (χ1n) is 5.13. The molecule has 6 heteroatoms. The van der Waals surface area contributed by atoms with Crippen molar-refractivity contribution in [2.75, 3.05) is 5.32 Å². The first-order valence-corrected chi connectivity index (χ1v) is 6.80. The predicted octanol–water partition coefficient (Wildman–Crippen LogP) is 3.29. The summed E-state index contributed by atoms with van der Waals surface area (Å²) < 4.78 is 14.3. The molecule has 0 aliphatic heterocycles. The Kier molecular flexibility index (Phi) is 3.98. The fourth-order valence-corrected chi connectivity index (χ4v) is 3.17. The molecule has 0 saturated heterocycles. The Hall–Kier alpha value is -1.40. The number of anilines is 1. The first kappa shape index (κ1) is 13.0. The van der Waals surface area contributed by atoms with E-state index in [1.807, 2.05) is 11.4 Å². The van der Waals surface area contributed by atoms with Crippen molar-refractivity contribution in [2.45, 2.75) is 6.04 Å². The molecule has 1 amide bonds. The molecule has 1 atom stereocenters. The summed E-state index contributed by atoms with van der Waals surface area (Å²) in [4.78, 5) is 12.2. The maximum Gasteiger partial charge on any atom is 0.245 e. The van der Waals surface area contributed by atoms with Gasteiger partial charge < -0.3 is 11.1 Å². The minimum atomic E-state index is -0.753. The van der Waals surface area contributed by atoms with Crippen LogP contribution >= 0.6 is 27.3 Å². The molecule has 1 heterocycles. The van der Waals surface area contributed by atoms with Crippen molar-refractivity contribution in [3.63, 3.8) is 0 Å². The summed E-state index contributed by atoms with van der Waals surface area (Å²) in [5.74, 6) is -0.974. The van der Waals surface area contributed by atoms with Gasteiger partial charge in [-0.05, 0) is 39.5 Å². The number of thiophene rings is 1. The average molecular weight is 329 g/mol. The van der Waals surface area contributed by atoms with Crippen LogP contribution in [0.2, 0.25) is 0 Å². The van der Waals surface area contributed by atoms with Crippen LogP contribution < -0.4 is 11.1 Å². The van der Waals surface area contributed by atoms with E-state index in [1.165, 1.54) is 17.4 Å². The van der Waals surface area contributed by atoms with Crippen LogP contribution in [0.15, 0.2) is 40.2 Å². The highest BCUT2D eigenvalue weighted by atomic mass is 79.9. The zero-order valence-electron chi connectivity index (χ0n) is 9.19. The second kappa shape index (κ2) is 5.49. The SMILES string of the molecule is NC(=O)C(Nc1ccccc1F)c1sccc1Br. The fourth-order valence-electron chi connectivity index (χ4n) is 1.51. The molecule has 0 aliphatic rings. The smallest absolute Gasteiger partial charge is 0.245 e. The van der Waals surface area contributed by atoms with Gasteiger partial charge in [-0.3, -0.25) is 4.79 Å². The van der Waals surface area contributed by atoms with E-state index in [0.717, 1.165) is 9.35 Å². The van der Waals surface area contributed by atoms with Crippen LogP contribution in [0.5, 0.6) is 0 Å². The standard InChI is InChI=1S/C12H10BrFN2OS/c13-7-5-6-18-11(7)10(12(15)17)16-9-4-2-1-3-8(9)14/h1-6,10,16H,(H2,15,17). The maximum atomic E-state index is 13.5. The largest absolute Gasteiger partial charge is 0.368 e. The highest BCUT2D eigenvalue weighted by Gasteiger charge is 2.22. The second-order valence-electron chi connectivity index (χ2n) is 3.59. The molecule has 0 aliphatic carbocycles. The minimum absolute atomic E-state index is 0.251. The quantitative estimate of drug-likeness (QED) is 0.904. The van der Waals surface area contributed by atoms with Crippen LogP contribution in [0.4, 0.5) is 10.1 Å². The van der Waals surface area contributed by atoms with Gasteiger partial charge >= 0.3 is 0 Å². The van der Waals surface area contributed by atoms with Crippen molar-refractivity contribution in [1.29, 1.82) is 0 Å². The number of para-hydroxylation sites is 1. The van der Waals surface area contributed by atoms with Crippen molar-refractivity contribution in [3.8, 4) is 0 Å². The summed E-state index contributed by atoms with van der Waals surface area (Å²) >= 11 is 4.71. The van der Waals surface area contributed by atoms with E-state index in [9.17, 15) is 9.18 Å². The molecule has 3 nitrogen and oxygen atoms in total. The number of primary amides is 1. The Labute approximate surface area is 116 Å². The van der Waals surface area contributed by atoms with Gasteiger partial charge in [-0.1, -0.05) is 12.1 Å². The van der Waals surface area contributed by atoms with Gasteiger partial charge in [0.05, 0.1) is 10.6 Å². The number of amides is 1. The number of nitrogens with one attached hydrogen (secondary N) is 1. The van der Waals surface area contributed by atoms with Gasteiger partial charge in [0, 0.05) is 4.47 Å². The van der Waals surface area contributed by atoms with Gasteiger partial charge in [-0.2, -0.15) is 0 Å². The molecule has 2 aromatic rings. The highest BCUT2D eigenvalue weighted by molar-refractivity contribution is 9.10. The molecule has 1 aromatic heterocycles. The Balaban J connectivity index is 2.31. The molecule has 94 valence electrons. The average Bonchev–Trinajstić information content (AvgIpc) is 2.74. The molecule has 0 fully saturated rings. The number of halogens is 2. The summed E-state index contributed by atoms with van der Waals surface area (Å²) in [6.07, 6.45) is 0. The Morgan fingerprint density at radius 3 is 2.67 bits per heavy atom. The highest BCUT2D eigenvalue weighted by Crippen LogP contribution is 2.31. The molecule has 2 rings (SSSR count). The number of benzene rings is 1. The predicted molar refractivity (Wildman–Crippen MR) is 74.0 cm³/mol. The summed E-state index contributed by atoms with van der Waals surface area (Å²) in [6.45, 7) is 0. The van der Waals surface area contributed by atoms with Gasteiger partial charge in [0.2, 0.25) is 5.91 Å². The molecule has 3 N–H and O–H groups in total. The lowest BCUT2D eigenvalue weighted by atomic mass is 10.2. The maximum absolute atomic E-state index is 13.5. The van der Waals surface area contributed by atoms with Crippen LogP contribution in [0.3, 0.4) is 0 Å². The number of hydrogen-bond donors (Lipinski definition) is 2. The minimum Gasteiger partial charge on any atom is -0.368 e. The van der Waals surface area contributed by atoms with Crippen LogP contribution in [0, 0.1) is 5.82 Å². The topological polar surface area (TPSA) is 55.1 Å². The Morgan fingerprint density at radius 1 is 1.39 bits per heavy atom. The van der Waals surface area contributed by atoms with Gasteiger partial charge in [0.1, 0.15) is 11.9 Å². The van der Waals surface area contributed by atoms with Crippen LogP contribution in [-0.4, -0.2) is 5.91 Å². The van der Waals surface area contributed by atoms with Gasteiger partial charge in [-0.25, -0.2) is 4.39 Å². The Morgan fingerprint density at radius 2 is 2.11 bits per heavy atom. The summed E-state index contributed by atoms with van der Waals surface area (Å²) in [5, 5.41) is 4.65. The number of nitrogens with two attached hydrogens (primary N) is 1. The molecule has 18 heavy (non-hydrogen) atoms. The molecule has 0 radical (unpaired) electrons. The van der Waals surface area contributed by atoms with Gasteiger partial charge in [-0.15, -0.1) is 11.3 Å². The lowest BCUT2D eigenvalue weighted by molar-refractivity contribution is -0.118. The van der Waals surface area contributed by atoms with E-state index in [-0.39, 0.29) is 5.69 Å². The van der Waals surface area contributed by atoms with E-state index in [1.54, 1.807) is 18.2 Å². The number of hydrogen-bond acceptors (Lipinski definition) is 3. The number of carbonyl (C=O) groups excluding carboxylic acids is 1. The van der Waals surface area contributed by atoms with E-state index in [2.05, 4.69) is 21.2 Å². The first-order chi connectivity index (χ1) is 8.59. The van der Waals surface area contributed by atoms with Crippen molar-refractivity contribution in [1.82, 2.24) is 0 Å². The summed E-state index contributed by atoms with van der Waals surface area (Å²) in [7, 11) is 0. The lowest BCUT2D eigenvalue weighted by Crippen LogP contribution is -2.27. The Bertz CT molecular complexity index is 573. The molecular weight excluding hydrogens is 319 g/mol. The van der Waals surface area contributed by atoms with Crippen molar-refractivity contribution < 1.29 is 9.18 Å². The van der Waals surface area contributed by atoms with Crippen LogP contribution in [-0.2, 0) is 4.79 Å². The fraction of sp³-hybridized carbons (Fsp3) is 0.0833. The summed E-state index contributed by atoms with van der Waals surface area (Å²) in [6, 6.07) is 7.22. The third kappa shape index (κ3) is 2.70. The molecule has 1 unspecified atom stereocenters. The van der Waals surface area contributed by atoms with Crippen LogP contribution in [0.25, 0.3) is 0 Å². The van der Waals surface area contributed by atoms with Crippen molar-refractivity contribution >= 4 is 38.9 Å². The van der Waals surface area contributed by atoms with Crippen LogP contribution in [0.1, 0.15) is 10.9 Å². The summed E-state index contributed by atoms with van der Waals surface area (Å²) in [5.41, 5.74) is 5.61. The molecule has 0 saturated carbocycles. The zero-order chi connectivity index (χ0) is 13.1. The van der Waals surface area contributed by atoms with E-state index in [0.29, 0.717) is 0 Å². The normalized spacial score (nSPS) is 12.1.